The summed E-state index contributed by atoms with van der Waals surface area (Å²) in [6.07, 6.45) is 0. The third kappa shape index (κ3) is 14.8. The Bertz CT molecular complexity index is 9240. The monoisotopic (exact) mass is 1750 g/mol. The molecule has 27 aromatic carbocycles. The molecule has 0 atom stereocenters. The molecule has 27 aromatic rings. The van der Waals surface area contributed by atoms with Gasteiger partial charge < -0.3 is 0 Å². The maximum absolute atomic E-state index is 2.37. The summed E-state index contributed by atoms with van der Waals surface area (Å²) in [4.78, 5) is 0. The lowest BCUT2D eigenvalue weighted by Crippen LogP contribution is -1.92. The minimum Gasteiger partial charge on any atom is -0.0622 e. The second-order valence-corrected chi connectivity index (χ2v) is 36.1. The molecule has 0 nitrogen and oxygen atoms in total. The molecule has 0 bridgehead atoms. The van der Waals surface area contributed by atoms with Crippen molar-refractivity contribution in [1.29, 1.82) is 0 Å². The van der Waals surface area contributed by atoms with Crippen LogP contribution in [-0.2, 0) is 0 Å². The van der Waals surface area contributed by atoms with E-state index in [9.17, 15) is 0 Å². The Morgan fingerprint density at radius 3 is 0.609 bits per heavy atom. The highest BCUT2D eigenvalue weighted by Gasteiger charge is 2.25. The predicted molar refractivity (Wildman–Crippen MR) is 595 cm³/mol. The molecule has 0 saturated carbocycles. The van der Waals surface area contributed by atoms with E-state index in [1.807, 2.05) is 0 Å². The van der Waals surface area contributed by atoms with Gasteiger partial charge in [0, 0.05) is 0 Å². The van der Waals surface area contributed by atoms with Crippen molar-refractivity contribution in [3.05, 3.63) is 546 Å². The molecule has 0 amide bonds. The van der Waals surface area contributed by atoms with Crippen molar-refractivity contribution in [2.24, 2.45) is 0 Å². The van der Waals surface area contributed by atoms with Crippen LogP contribution in [0.15, 0.2) is 546 Å². The van der Waals surface area contributed by atoms with Gasteiger partial charge in [-0.25, -0.2) is 0 Å². The summed E-state index contributed by atoms with van der Waals surface area (Å²) in [6, 6.07) is 199. The minimum absolute atomic E-state index is 1.23. The van der Waals surface area contributed by atoms with Crippen LogP contribution in [0.1, 0.15) is 0 Å². The Labute approximate surface area is 802 Å². The first kappa shape index (κ1) is 82.0. The van der Waals surface area contributed by atoms with Crippen molar-refractivity contribution in [1.82, 2.24) is 0 Å². The Balaban J connectivity index is 0.000000110. The van der Waals surface area contributed by atoms with Gasteiger partial charge in [0.05, 0.1) is 0 Å². The van der Waals surface area contributed by atoms with Crippen molar-refractivity contribution >= 4 is 129 Å². The van der Waals surface area contributed by atoms with Gasteiger partial charge in [0.1, 0.15) is 0 Å². The molecule has 0 aromatic heterocycles. The van der Waals surface area contributed by atoms with Gasteiger partial charge in [-0.2, -0.15) is 0 Å². The SMILES string of the molecule is c1ccc(-c2cc(-c3cccc4c(-c5c6ccccc6c(-c6ccccc6)c6ccccc56)cccc34)cc3ccccc23)cc1.c1ccc(-c2ccc3cc(-c4cccc5c(-c6c7ccccc7c(-c7ccccc7)c7ccccc67)cccc45)ccc3c2)cc1.c1ccc(-c2ccc3ccc(-c4cccc5c(-c6c7ccccc7c(-c7ccccc7)c7ccccc67)cccc45)cc3c2)cc1. The molecule has 0 saturated heterocycles. The van der Waals surface area contributed by atoms with Crippen LogP contribution in [-0.4, -0.2) is 0 Å². The highest BCUT2D eigenvalue weighted by molar-refractivity contribution is 6.28. The molecule has 0 unspecified atom stereocenters. The molecule has 138 heavy (non-hydrogen) atoms. The summed E-state index contributed by atoms with van der Waals surface area (Å²) in [6.45, 7) is 0. The Hall–Kier alpha value is -17.9. The normalized spacial score (nSPS) is 11.5. The van der Waals surface area contributed by atoms with Crippen LogP contribution >= 0.6 is 0 Å². The van der Waals surface area contributed by atoms with Crippen molar-refractivity contribution in [3.8, 4) is 134 Å². The summed E-state index contributed by atoms with van der Waals surface area (Å²) < 4.78 is 0. The van der Waals surface area contributed by atoms with Gasteiger partial charge in [-0.3, -0.25) is 0 Å². The summed E-state index contributed by atoms with van der Waals surface area (Å²) in [5.74, 6) is 0. The first-order chi connectivity index (χ1) is 68.5. The third-order valence-electron chi connectivity index (χ3n) is 28.3. The molecule has 0 N–H and O–H groups in total. The van der Waals surface area contributed by atoms with E-state index in [4.69, 9.17) is 0 Å². The van der Waals surface area contributed by atoms with Gasteiger partial charge in [0.2, 0.25) is 0 Å². The Morgan fingerprint density at radius 2 is 0.283 bits per heavy atom. The van der Waals surface area contributed by atoms with Gasteiger partial charge in [-0.1, -0.05) is 510 Å². The molecule has 642 valence electrons. The lowest BCUT2D eigenvalue weighted by Gasteiger charge is -2.19. The summed E-state index contributed by atoms with van der Waals surface area (Å²) in [7, 11) is 0. The topological polar surface area (TPSA) is 0 Å². The van der Waals surface area contributed by atoms with E-state index >= 15 is 0 Å². The number of fused-ring (bicyclic) bond motifs is 12. The smallest absolute Gasteiger partial charge is 0.00201 e. The molecule has 0 heteroatoms. The van der Waals surface area contributed by atoms with Crippen molar-refractivity contribution in [2.75, 3.05) is 0 Å². The minimum atomic E-state index is 1.23. The van der Waals surface area contributed by atoms with Crippen LogP contribution < -0.4 is 0 Å². The molecule has 0 aliphatic carbocycles. The van der Waals surface area contributed by atoms with Gasteiger partial charge >= 0.3 is 0 Å². The number of rotatable bonds is 12. The van der Waals surface area contributed by atoms with Crippen LogP contribution in [0.4, 0.5) is 0 Å². The second kappa shape index (κ2) is 35.5. The van der Waals surface area contributed by atoms with Crippen molar-refractivity contribution in [2.45, 2.75) is 0 Å². The Morgan fingerprint density at radius 1 is 0.0725 bits per heavy atom. The first-order valence-electron chi connectivity index (χ1n) is 47.8. The number of benzene rings is 27. The third-order valence-corrected chi connectivity index (χ3v) is 28.3. The highest BCUT2D eigenvalue weighted by atomic mass is 14.3. The average Bonchev–Trinajstić information content (AvgIpc) is 0.731. The van der Waals surface area contributed by atoms with Gasteiger partial charge in [0.25, 0.3) is 0 Å². The molecule has 0 heterocycles. The number of hydrogen-bond donors (Lipinski definition) is 0. The van der Waals surface area contributed by atoms with Gasteiger partial charge in [0.15, 0.2) is 0 Å². The zero-order valence-electron chi connectivity index (χ0n) is 76.0. The molecule has 0 aliphatic heterocycles. The maximum atomic E-state index is 2.37. The summed E-state index contributed by atoms with van der Waals surface area (Å²) in [5, 5.41) is 30.4. The van der Waals surface area contributed by atoms with E-state index in [0.717, 1.165) is 0 Å². The van der Waals surface area contributed by atoms with Crippen LogP contribution in [0.2, 0.25) is 0 Å². The van der Waals surface area contributed by atoms with Crippen LogP contribution in [0, 0.1) is 0 Å². The predicted octanol–water partition coefficient (Wildman–Crippen LogP) is 38.9. The van der Waals surface area contributed by atoms with E-state index in [0.29, 0.717) is 0 Å². The largest absolute Gasteiger partial charge is 0.0622 e. The lowest BCUT2D eigenvalue weighted by atomic mass is 9.84. The standard InChI is InChI=1S/3C46H30/c1-3-13-31(14-4-1)34-27-25-32-26-28-35(30-36(32)29-34)37-21-11-23-39-38(37)22-12-24-40(39)46-43-19-9-7-17-41(43)45(33-15-5-2-6-16-33)42-18-8-10-20-44(42)46;1-3-13-31(14-4-1)33-25-26-35-30-36(28-27-34(35)29-33)37-21-11-23-39-38(37)22-12-24-40(39)46-43-19-9-7-17-41(43)45(32-15-5-2-6-16-32)42-18-8-10-20-44(42)46;1-3-15-31(16-4-1)44-30-34(29-33-19-7-8-20-35(33)44)36-25-13-27-38-37(36)26-14-28-39(38)46-42-23-11-9-21-40(42)45(32-17-5-2-6-18-32)41-22-10-12-24-43(41)46/h3*1-30H. The van der Waals surface area contributed by atoms with E-state index < -0.39 is 0 Å². The van der Waals surface area contributed by atoms with Gasteiger partial charge in [-0.05, 0) is 299 Å². The van der Waals surface area contributed by atoms with E-state index in [2.05, 4.69) is 546 Å². The zero-order chi connectivity index (χ0) is 91.4. The lowest BCUT2D eigenvalue weighted by molar-refractivity contribution is 1.63. The maximum Gasteiger partial charge on any atom is -0.00201 e. The van der Waals surface area contributed by atoms with Crippen LogP contribution in [0.25, 0.3) is 263 Å². The van der Waals surface area contributed by atoms with E-state index in [-0.39, 0.29) is 0 Å². The van der Waals surface area contributed by atoms with E-state index in [1.54, 1.807) is 0 Å². The quantitative estimate of drug-likeness (QED) is 0.107. The fraction of sp³-hybridized carbons (Fsp3) is 0. The van der Waals surface area contributed by atoms with Crippen LogP contribution in [0.3, 0.4) is 0 Å². The molecule has 0 spiro atoms. The molecular weight excluding hydrogens is 1660 g/mol. The number of hydrogen-bond acceptors (Lipinski definition) is 0. The highest BCUT2D eigenvalue weighted by Crippen LogP contribution is 2.52. The zero-order valence-corrected chi connectivity index (χ0v) is 76.0. The summed E-state index contributed by atoms with van der Waals surface area (Å²) >= 11 is 0. The van der Waals surface area contributed by atoms with Crippen LogP contribution in [0.5, 0.6) is 0 Å². The fourth-order valence-corrected chi connectivity index (χ4v) is 22.1. The molecule has 0 aliphatic rings. The fourth-order valence-electron chi connectivity index (χ4n) is 22.1. The second-order valence-electron chi connectivity index (χ2n) is 36.1. The Kier molecular flexibility index (Phi) is 21.1. The molecule has 0 radical (unpaired) electrons. The first-order valence-corrected chi connectivity index (χ1v) is 47.8. The van der Waals surface area contributed by atoms with Crippen molar-refractivity contribution in [3.63, 3.8) is 0 Å². The van der Waals surface area contributed by atoms with Gasteiger partial charge in [-0.15, -0.1) is 0 Å². The molecular formula is C138H90. The molecule has 27 rings (SSSR count). The summed E-state index contributed by atoms with van der Waals surface area (Å²) in [5.41, 5.74) is 30.2. The van der Waals surface area contributed by atoms with E-state index in [1.165, 1.54) is 263 Å². The van der Waals surface area contributed by atoms with Crippen molar-refractivity contribution < 1.29 is 0 Å². The molecule has 0 fully saturated rings. The average molecular weight is 1750 g/mol.